The molecule has 0 spiro atoms. The van der Waals surface area contributed by atoms with E-state index in [1.54, 1.807) is 6.08 Å². The molecular weight excluding hydrogens is 132 g/mol. The number of hydrogen-bond donors (Lipinski definition) is 0. The van der Waals surface area contributed by atoms with Crippen LogP contribution < -0.4 is 0 Å². The van der Waals surface area contributed by atoms with Crippen LogP contribution in [0.2, 0.25) is 0 Å². The zero-order valence-electron chi connectivity index (χ0n) is 7.72. The van der Waals surface area contributed by atoms with Gasteiger partial charge in [-0.15, -0.1) is 0 Å². The van der Waals surface area contributed by atoms with Crippen LogP contribution in [-0.4, -0.2) is 0 Å². The first kappa shape index (κ1) is 10.3. The Hall–Kier alpha value is -0.740. The molecule has 1 atom stereocenters. The molecule has 0 rings (SSSR count). The smallest absolute Gasteiger partial charge is 0.0174 e. The molecule has 0 saturated carbocycles. The second-order valence-electron chi connectivity index (χ2n) is 2.88. The lowest BCUT2D eigenvalue weighted by Crippen LogP contribution is -1.93. The lowest BCUT2D eigenvalue weighted by molar-refractivity contribution is 0.602. The Labute approximate surface area is 70.3 Å². The van der Waals surface area contributed by atoms with Crippen molar-refractivity contribution in [3.63, 3.8) is 0 Å². The zero-order chi connectivity index (χ0) is 8.69. The molecule has 1 unspecified atom stereocenters. The summed E-state index contributed by atoms with van der Waals surface area (Å²) < 4.78 is 0. The summed E-state index contributed by atoms with van der Waals surface area (Å²) in [6.07, 6.45) is 5.74. The van der Waals surface area contributed by atoms with Crippen LogP contribution in [0.15, 0.2) is 23.5 Å². The van der Waals surface area contributed by atoms with Crippen LogP contribution in [-0.2, 0) is 0 Å². The highest BCUT2D eigenvalue weighted by Crippen LogP contribution is 2.13. The molecule has 0 heteroatoms. The van der Waals surface area contributed by atoms with Gasteiger partial charge in [0.25, 0.3) is 0 Å². The van der Waals surface area contributed by atoms with E-state index in [-0.39, 0.29) is 0 Å². The van der Waals surface area contributed by atoms with E-state index in [0.29, 0.717) is 5.92 Å². The van der Waals surface area contributed by atoms with Crippen molar-refractivity contribution in [2.75, 3.05) is 0 Å². The molecule has 0 fully saturated rings. The molecule has 0 bridgehead atoms. The summed E-state index contributed by atoms with van der Waals surface area (Å²) in [4.78, 5) is 0. The quantitative estimate of drug-likeness (QED) is 0.326. The molecule has 0 aromatic rings. The first-order valence-electron chi connectivity index (χ1n) is 4.19. The van der Waals surface area contributed by atoms with Gasteiger partial charge in [-0.05, 0) is 24.8 Å². The summed E-state index contributed by atoms with van der Waals surface area (Å²) >= 11 is 0. The molecule has 0 nitrogen and oxygen atoms in total. The predicted molar refractivity (Wildman–Crippen MR) is 50.2 cm³/mol. The van der Waals surface area contributed by atoms with E-state index in [4.69, 9.17) is 6.58 Å². The maximum Gasteiger partial charge on any atom is -0.0174 e. The van der Waals surface area contributed by atoms with Gasteiger partial charge in [0.2, 0.25) is 0 Å². The molecular formula is C11H17-. The minimum atomic E-state index is 0.635. The van der Waals surface area contributed by atoms with Crippen LogP contribution >= 0.6 is 0 Å². The maximum absolute atomic E-state index is 5.19. The monoisotopic (exact) mass is 149 g/mol. The van der Waals surface area contributed by atoms with Crippen molar-refractivity contribution >= 4 is 0 Å². The second kappa shape index (κ2) is 6.00. The Morgan fingerprint density at radius 2 is 2.27 bits per heavy atom. The minimum absolute atomic E-state index is 0.635. The van der Waals surface area contributed by atoms with Crippen molar-refractivity contribution in [3.8, 4) is 0 Å². The molecule has 0 aliphatic rings. The van der Waals surface area contributed by atoms with Crippen LogP contribution in [0, 0.1) is 12.5 Å². The van der Waals surface area contributed by atoms with E-state index in [1.807, 2.05) is 0 Å². The molecule has 0 heterocycles. The molecule has 62 valence electrons. The second-order valence-corrected chi connectivity index (χ2v) is 2.88. The van der Waals surface area contributed by atoms with Gasteiger partial charge in [0.15, 0.2) is 0 Å². The average molecular weight is 149 g/mol. The highest BCUT2D eigenvalue weighted by atomic mass is 14.0. The van der Waals surface area contributed by atoms with E-state index >= 15 is 0 Å². The molecule has 11 heavy (non-hydrogen) atoms. The molecule has 0 aliphatic heterocycles. The Morgan fingerprint density at radius 1 is 1.64 bits per heavy atom. The third kappa shape index (κ3) is 4.64. The highest BCUT2D eigenvalue weighted by Gasteiger charge is 1.99. The molecule has 0 aliphatic carbocycles. The van der Waals surface area contributed by atoms with Gasteiger partial charge in [0.05, 0.1) is 0 Å². The zero-order valence-corrected chi connectivity index (χ0v) is 7.72. The largest absolute Gasteiger partial charge is 0.292 e. The van der Waals surface area contributed by atoms with Crippen LogP contribution in [0.5, 0.6) is 0 Å². The molecule has 0 amide bonds. The summed E-state index contributed by atoms with van der Waals surface area (Å²) in [5.74, 6) is 0.635. The van der Waals surface area contributed by atoms with Crippen molar-refractivity contribution < 1.29 is 0 Å². The van der Waals surface area contributed by atoms with E-state index in [2.05, 4.69) is 26.5 Å². The maximum atomic E-state index is 5.19. The van der Waals surface area contributed by atoms with Crippen LogP contribution in [0.4, 0.5) is 0 Å². The summed E-state index contributed by atoms with van der Waals surface area (Å²) in [5, 5.41) is 0. The van der Waals surface area contributed by atoms with Crippen LogP contribution in [0.3, 0.4) is 0 Å². The highest BCUT2D eigenvalue weighted by molar-refractivity contribution is 5.06. The van der Waals surface area contributed by atoms with Crippen molar-refractivity contribution in [3.05, 3.63) is 30.0 Å². The van der Waals surface area contributed by atoms with E-state index in [1.165, 1.54) is 24.5 Å². The molecule has 0 aromatic carbocycles. The van der Waals surface area contributed by atoms with Crippen molar-refractivity contribution in [2.45, 2.75) is 33.6 Å². The number of rotatable bonds is 4. The SMILES string of the molecule is [CH-]=CC=C=C(C)C(C)CCC. The average Bonchev–Trinajstić information content (AvgIpc) is 2.00. The first-order chi connectivity index (χ1) is 5.22. The first-order valence-corrected chi connectivity index (χ1v) is 4.19. The Kier molecular flexibility index (Phi) is 5.60. The molecule has 0 saturated heterocycles. The van der Waals surface area contributed by atoms with Gasteiger partial charge < -0.3 is 0 Å². The molecule has 0 aromatic heterocycles. The van der Waals surface area contributed by atoms with Gasteiger partial charge in [-0.1, -0.05) is 20.3 Å². The minimum Gasteiger partial charge on any atom is -0.292 e. The van der Waals surface area contributed by atoms with Gasteiger partial charge >= 0.3 is 0 Å². The van der Waals surface area contributed by atoms with Crippen molar-refractivity contribution in [1.29, 1.82) is 0 Å². The lowest BCUT2D eigenvalue weighted by atomic mass is 9.98. The predicted octanol–water partition coefficient (Wildman–Crippen LogP) is 3.51. The van der Waals surface area contributed by atoms with Gasteiger partial charge in [0.1, 0.15) is 0 Å². The third-order valence-electron chi connectivity index (χ3n) is 1.87. The number of allylic oxidation sites excluding steroid dienone is 2. The van der Waals surface area contributed by atoms with Gasteiger partial charge in [-0.25, -0.2) is 11.8 Å². The van der Waals surface area contributed by atoms with Crippen molar-refractivity contribution in [2.24, 2.45) is 5.92 Å². The fraction of sp³-hybridized carbons (Fsp3) is 0.545. The molecule has 0 N–H and O–H groups in total. The van der Waals surface area contributed by atoms with E-state index in [0.717, 1.165) is 0 Å². The third-order valence-corrected chi connectivity index (χ3v) is 1.87. The normalized spacial score (nSPS) is 11.5. The topological polar surface area (TPSA) is 0 Å². The van der Waals surface area contributed by atoms with E-state index in [9.17, 15) is 0 Å². The molecule has 0 radical (unpaired) electrons. The fourth-order valence-electron chi connectivity index (χ4n) is 0.971. The van der Waals surface area contributed by atoms with Gasteiger partial charge in [0, 0.05) is 0 Å². The Morgan fingerprint density at radius 3 is 2.73 bits per heavy atom. The van der Waals surface area contributed by atoms with Crippen LogP contribution in [0.1, 0.15) is 33.6 Å². The van der Waals surface area contributed by atoms with Crippen LogP contribution in [0.25, 0.3) is 0 Å². The van der Waals surface area contributed by atoms with Crippen molar-refractivity contribution in [1.82, 2.24) is 0 Å². The Balaban J connectivity index is 4.10. The summed E-state index contributed by atoms with van der Waals surface area (Å²) in [7, 11) is 0. The number of hydrogen-bond acceptors (Lipinski definition) is 0. The summed E-state index contributed by atoms with van der Waals surface area (Å²) in [5.41, 5.74) is 4.41. The Bertz CT molecular complexity index is 168. The summed E-state index contributed by atoms with van der Waals surface area (Å²) in [6, 6.07) is 0. The fourth-order valence-corrected chi connectivity index (χ4v) is 0.971. The lowest BCUT2D eigenvalue weighted by Gasteiger charge is -2.08. The summed E-state index contributed by atoms with van der Waals surface area (Å²) in [6.45, 7) is 11.7. The van der Waals surface area contributed by atoms with Gasteiger partial charge in [-0.3, -0.25) is 6.58 Å². The van der Waals surface area contributed by atoms with E-state index < -0.39 is 0 Å². The van der Waals surface area contributed by atoms with Gasteiger partial charge in [-0.2, -0.15) is 6.08 Å². The standard InChI is InChI=1S/C11H17/c1-5-7-9-11(4)10(3)8-6-2/h1,5,7,10H,6,8H2,2-4H3/q-1.